The van der Waals surface area contributed by atoms with Crippen LogP contribution < -0.4 is 5.32 Å². The molecule has 33 heavy (non-hydrogen) atoms. The van der Waals surface area contributed by atoms with Gasteiger partial charge in [0.05, 0.1) is 23.4 Å². The van der Waals surface area contributed by atoms with Gasteiger partial charge in [-0.25, -0.2) is 4.98 Å². The topological polar surface area (TPSA) is 96.2 Å². The fraction of sp³-hybridized carbons (Fsp3) is 0.400. The number of aliphatic hydroxyl groups excluding tert-OH is 1. The lowest BCUT2D eigenvalue weighted by Crippen LogP contribution is -2.54. The minimum atomic E-state index is -0.706. The number of carbonyl (C=O) groups excluding carboxylic acids is 2. The molecule has 1 fully saturated rings. The number of nitrogens with one attached hydrogen (secondary N) is 1. The predicted octanol–water partition coefficient (Wildman–Crippen LogP) is 2.75. The van der Waals surface area contributed by atoms with Crippen LogP contribution in [0.25, 0.3) is 16.8 Å². The summed E-state index contributed by atoms with van der Waals surface area (Å²) in [5, 5.41) is 13.0. The van der Waals surface area contributed by atoms with Crippen molar-refractivity contribution in [3.05, 3.63) is 60.0 Å². The molecule has 2 N–H and O–H groups in total. The summed E-state index contributed by atoms with van der Waals surface area (Å²) in [6, 6.07) is 13.0. The van der Waals surface area contributed by atoms with Gasteiger partial charge < -0.3 is 20.1 Å². The number of imidazole rings is 1. The van der Waals surface area contributed by atoms with Gasteiger partial charge in [-0.3, -0.25) is 14.0 Å². The van der Waals surface area contributed by atoms with Crippen molar-refractivity contribution in [2.45, 2.75) is 32.2 Å². The second kappa shape index (κ2) is 9.72. The van der Waals surface area contributed by atoms with Gasteiger partial charge in [0.25, 0.3) is 11.8 Å². The molecule has 0 bridgehead atoms. The molecule has 0 spiro atoms. The van der Waals surface area contributed by atoms with Crippen LogP contribution in [0, 0.1) is 0 Å². The summed E-state index contributed by atoms with van der Waals surface area (Å²) < 4.78 is 7.15. The average molecular weight is 451 g/mol. The van der Waals surface area contributed by atoms with Crippen LogP contribution in [0.2, 0.25) is 0 Å². The zero-order chi connectivity index (χ0) is 23.4. The molecule has 1 aromatic carbocycles. The number of rotatable bonds is 7. The van der Waals surface area contributed by atoms with Crippen LogP contribution in [-0.2, 0) is 4.74 Å². The van der Waals surface area contributed by atoms with Crippen LogP contribution in [0.15, 0.2) is 48.7 Å². The predicted molar refractivity (Wildman–Crippen MR) is 125 cm³/mol. The van der Waals surface area contributed by atoms with Crippen LogP contribution in [-0.4, -0.2) is 69.7 Å². The van der Waals surface area contributed by atoms with Crippen molar-refractivity contribution in [2.24, 2.45) is 0 Å². The normalized spacial score (nSPS) is 15.4. The molecule has 174 valence electrons. The number of ether oxygens (including phenoxy) is 1. The van der Waals surface area contributed by atoms with Crippen molar-refractivity contribution in [1.82, 2.24) is 19.6 Å². The molecule has 0 radical (unpaired) electrons. The molecule has 0 atom stereocenters. The zero-order valence-corrected chi connectivity index (χ0v) is 19.1. The van der Waals surface area contributed by atoms with Crippen molar-refractivity contribution in [1.29, 1.82) is 0 Å². The number of aliphatic hydroxyl groups is 1. The van der Waals surface area contributed by atoms with Gasteiger partial charge in [0.1, 0.15) is 0 Å². The number of amides is 2. The van der Waals surface area contributed by atoms with Crippen LogP contribution in [0.1, 0.15) is 47.7 Å². The van der Waals surface area contributed by atoms with E-state index in [9.17, 15) is 14.7 Å². The summed E-state index contributed by atoms with van der Waals surface area (Å²) in [4.78, 5) is 32.3. The van der Waals surface area contributed by atoms with E-state index in [-0.39, 0.29) is 24.2 Å². The van der Waals surface area contributed by atoms with Gasteiger partial charge in [0.2, 0.25) is 5.82 Å². The highest BCUT2D eigenvalue weighted by molar-refractivity contribution is 5.96. The van der Waals surface area contributed by atoms with Crippen molar-refractivity contribution in [2.75, 3.05) is 32.9 Å². The van der Waals surface area contributed by atoms with E-state index >= 15 is 0 Å². The van der Waals surface area contributed by atoms with E-state index < -0.39 is 5.54 Å². The standard InChI is InChI=1S/C25H30N4O4/c1-3-28(4-2)24(32)19-10-8-18(9-11-19)21-20-7-5-6-14-29(20)22(26-21)23(31)27-25(17-30)12-15-33-16-13-25/h5-11,14,30H,3-4,12-13,15-17H2,1-2H3,(H,27,31). The molecule has 1 saturated heterocycles. The fourth-order valence-corrected chi connectivity index (χ4v) is 4.26. The monoisotopic (exact) mass is 450 g/mol. The first-order valence-electron chi connectivity index (χ1n) is 11.4. The average Bonchev–Trinajstić information content (AvgIpc) is 3.25. The van der Waals surface area contributed by atoms with E-state index in [2.05, 4.69) is 10.3 Å². The van der Waals surface area contributed by atoms with Gasteiger partial charge in [-0.05, 0) is 51.0 Å². The van der Waals surface area contributed by atoms with Crippen molar-refractivity contribution in [3.63, 3.8) is 0 Å². The zero-order valence-electron chi connectivity index (χ0n) is 19.1. The highest BCUT2D eigenvalue weighted by atomic mass is 16.5. The summed E-state index contributed by atoms with van der Waals surface area (Å²) in [5.74, 6) is -0.0954. The van der Waals surface area contributed by atoms with E-state index in [1.165, 1.54) is 0 Å². The summed E-state index contributed by atoms with van der Waals surface area (Å²) >= 11 is 0. The Morgan fingerprint density at radius 1 is 1.12 bits per heavy atom. The van der Waals surface area contributed by atoms with Gasteiger partial charge in [-0.2, -0.15) is 0 Å². The molecular weight excluding hydrogens is 420 g/mol. The van der Waals surface area contributed by atoms with Crippen LogP contribution in [0.5, 0.6) is 0 Å². The number of aromatic nitrogens is 2. The quantitative estimate of drug-likeness (QED) is 0.577. The molecule has 0 aliphatic carbocycles. The van der Waals surface area contributed by atoms with E-state index in [1.54, 1.807) is 27.6 Å². The molecule has 1 aliphatic heterocycles. The lowest BCUT2D eigenvalue weighted by Gasteiger charge is -2.36. The Morgan fingerprint density at radius 2 is 1.82 bits per heavy atom. The van der Waals surface area contributed by atoms with E-state index in [1.807, 2.05) is 44.2 Å². The second-order valence-electron chi connectivity index (χ2n) is 8.30. The number of nitrogens with zero attached hydrogens (tertiary/aromatic N) is 3. The fourth-order valence-electron chi connectivity index (χ4n) is 4.26. The smallest absolute Gasteiger partial charge is 0.288 e. The Balaban J connectivity index is 1.66. The number of hydrogen-bond donors (Lipinski definition) is 2. The summed E-state index contributed by atoms with van der Waals surface area (Å²) in [6.07, 6.45) is 2.90. The van der Waals surface area contributed by atoms with E-state index in [0.717, 1.165) is 11.1 Å². The van der Waals surface area contributed by atoms with Crippen LogP contribution >= 0.6 is 0 Å². The third-order valence-electron chi connectivity index (χ3n) is 6.34. The lowest BCUT2D eigenvalue weighted by atomic mass is 9.91. The largest absolute Gasteiger partial charge is 0.394 e. The molecule has 0 unspecified atom stereocenters. The van der Waals surface area contributed by atoms with E-state index in [4.69, 9.17) is 4.74 Å². The maximum Gasteiger partial charge on any atom is 0.288 e. The molecular formula is C25H30N4O4. The Hall–Kier alpha value is -3.23. The minimum absolute atomic E-state index is 0.00734. The van der Waals surface area contributed by atoms with Gasteiger partial charge in [-0.1, -0.05) is 18.2 Å². The number of benzene rings is 1. The van der Waals surface area contributed by atoms with Gasteiger partial charge in [0, 0.05) is 43.6 Å². The third-order valence-corrected chi connectivity index (χ3v) is 6.34. The maximum absolute atomic E-state index is 13.2. The molecule has 2 amide bonds. The molecule has 8 nitrogen and oxygen atoms in total. The Labute approximate surface area is 193 Å². The third kappa shape index (κ3) is 4.49. The number of carbonyl (C=O) groups is 2. The van der Waals surface area contributed by atoms with E-state index in [0.29, 0.717) is 50.4 Å². The highest BCUT2D eigenvalue weighted by Crippen LogP contribution is 2.27. The van der Waals surface area contributed by atoms with Gasteiger partial charge in [0.15, 0.2) is 0 Å². The SMILES string of the molecule is CCN(CC)C(=O)c1ccc(-c2nc(C(=O)NC3(CO)CCOCC3)n3ccccc23)cc1. The summed E-state index contributed by atoms with van der Waals surface area (Å²) in [6.45, 7) is 6.06. The Kier molecular flexibility index (Phi) is 6.76. The molecule has 8 heteroatoms. The van der Waals surface area contributed by atoms with Crippen molar-refractivity contribution < 1.29 is 19.4 Å². The summed E-state index contributed by atoms with van der Waals surface area (Å²) in [5.41, 5.74) is 2.18. The van der Waals surface area contributed by atoms with Crippen molar-refractivity contribution in [3.8, 4) is 11.3 Å². The number of fused-ring (bicyclic) bond motifs is 1. The highest BCUT2D eigenvalue weighted by Gasteiger charge is 2.35. The van der Waals surface area contributed by atoms with Gasteiger partial charge >= 0.3 is 0 Å². The van der Waals surface area contributed by atoms with Crippen molar-refractivity contribution >= 4 is 17.3 Å². The minimum Gasteiger partial charge on any atom is -0.394 e. The Morgan fingerprint density at radius 3 is 2.45 bits per heavy atom. The first-order valence-corrected chi connectivity index (χ1v) is 11.4. The molecule has 0 saturated carbocycles. The molecule has 4 rings (SSSR count). The molecule has 3 aromatic rings. The molecule has 2 aromatic heterocycles. The number of hydrogen-bond acceptors (Lipinski definition) is 5. The summed E-state index contributed by atoms with van der Waals surface area (Å²) in [7, 11) is 0. The van der Waals surface area contributed by atoms with Crippen LogP contribution in [0.4, 0.5) is 0 Å². The first kappa shape index (κ1) is 22.9. The second-order valence-corrected chi connectivity index (χ2v) is 8.30. The Bertz CT molecular complexity index is 1130. The van der Waals surface area contributed by atoms with Gasteiger partial charge in [-0.15, -0.1) is 0 Å². The number of pyridine rings is 1. The maximum atomic E-state index is 13.2. The lowest BCUT2D eigenvalue weighted by molar-refractivity contribution is 0.0123. The molecule has 3 heterocycles. The molecule has 1 aliphatic rings. The first-order chi connectivity index (χ1) is 16.0. The van der Waals surface area contributed by atoms with Crippen LogP contribution in [0.3, 0.4) is 0 Å².